The van der Waals surface area contributed by atoms with Gasteiger partial charge in [0.1, 0.15) is 0 Å². The average molecular weight is 170 g/mol. The Morgan fingerprint density at radius 1 is 1.50 bits per heavy atom. The predicted octanol–water partition coefficient (Wildman–Crippen LogP) is 1.23. The lowest BCUT2D eigenvalue weighted by molar-refractivity contribution is 0.466. The highest BCUT2D eigenvalue weighted by Crippen LogP contribution is 2.50. The highest BCUT2D eigenvalue weighted by Gasteiger charge is 2.44. The van der Waals surface area contributed by atoms with E-state index in [1.165, 1.54) is 13.0 Å². The third-order valence-electron chi connectivity index (χ3n) is 2.94. The summed E-state index contributed by atoms with van der Waals surface area (Å²) in [7, 11) is 2.00. The van der Waals surface area contributed by atoms with E-state index in [-0.39, 0.29) is 0 Å². The van der Waals surface area contributed by atoms with Crippen molar-refractivity contribution in [3.8, 4) is 0 Å². The van der Waals surface area contributed by atoms with Gasteiger partial charge in [-0.15, -0.1) is 0 Å². The molecule has 0 radical (unpaired) electrons. The van der Waals surface area contributed by atoms with E-state index in [2.05, 4.69) is 31.4 Å². The SMILES string of the molecule is CNCC(C)NCC1CC1(C)C. The Balaban J connectivity index is 2.03. The van der Waals surface area contributed by atoms with E-state index in [4.69, 9.17) is 0 Å². The van der Waals surface area contributed by atoms with Gasteiger partial charge in [-0.2, -0.15) is 0 Å². The first-order valence-corrected chi connectivity index (χ1v) is 4.94. The molecule has 0 aromatic carbocycles. The minimum Gasteiger partial charge on any atom is -0.318 e. The first-order chi connectivity index (χ1) is 5.56. The molecule has 0 aromatic rings. The Morgan fingerprint density at radius 2 is 2.08 bits per heavy atom. The van der Waals surface area contributed by atoms with Crippen molar-refractivity contribution in [3.63, 3.8) is 0 Å². The molecule has 1 saturated carbocycles. The number of likely N-dealkylation sites (N-methyl/N-ethyl adjacent to an activating group) is 1. The molecule has 2 atom stereocenters. The maximum absolute atomic E-state index is 3.54. The van der Waals surface area contributed by atoms with E-state index < -0.39 is 0 Å². The maximum atomic E-state index is 3.54. The molecule has 0 aromatic heterocycles. The van der Waals surface area contributed by atoms with Gasteiger partial charge < -0.3 is 10.6 Å². The minimum absolute atomic E-state index is 0.603. The fourth-order valence-electron chi connectivity index (χ4n) is 1.65. The molecule has 1 fully saturated rings. The van der Waals surface area contributed by atoms with Gasteiger partial charge in [0.15, 0.2) is 0 Å². The van der Waals surface area contributed by atoms with Gasteiger partial charge in [-0.3, -0.25) is 0 Å². The minimum atomic E-state index is 0.603. The maximum Gasteiger partial charge on any atom is 0.0164 e. The van der Waals surface area contributed by atoms with Crippen molar-refractivity contribution >= 4 is 0 Å². The van der Waals surface area contributed by atoms with Gasteiger partial charge in [0.25, 0.3) is 0 Å². The lowest BCUT2D eigenvalue weighted by Gasteiger charge is -2.13. The fraction of sp³-hybridized carbons (Fsp3) is 1.00. The summed E-state index contributed by atoms with van der Waals surface area (Å²) in [4.78, 5) is 0. The van der Waals surface area contributed by atoms with Crippen molar-refractivity contribution in [2.75, 3.05) is 20.1 Å². The van der Waals surface area contributed by atoms with Crippen molar-refractivity contribution in [1.29, 1.82) is 0 Å². The molecular weight excluding hydrogens is 148 g/mol. The normalized spacial score (nSPS) is 28.5. The number of hydrogen-bond donors (Lipinski definition) is 2. The molecule has 1 aliphatic rings. The van der Waals surface area contributed by atoms with Crippen LogP contribution in [0.1, 0.15) is 27.2 Å². The molecule has 2 nitrogen and oxygen atoms in total. The van der Waals surface area contributed by atoms with Crippen LogP contribution in [-0.4, -0.2) is 26.2 Å². The Bertz CT molecular complexity index is 143. The first-order valence-electron chi connectivity index (χ1n) is 4.94. The van der Waals surface area contributed by atoms with Gasteiger partial charge >= 0.3 is 0 Å². The molecule has 72 valence electrons. The van der Waals surface area contributed by atoms with E-state index in [0.29, 0.717) is 11.5 Å². The van der Waals surface area contributed by atoms with Crippen LogP contribution in [0.4, 0.5) is 0 Å². The fourth-order valence-corrected chi connectivity index (χ4v) is 1.65. The summed E-state index contributed by atoms with van der Waals surface area (Å²) < 4.78 is 0. The molecule has 0 heterocycles. The quantitative estimate of drug-likeness (QED) is 0.648. The Morgan fingerprint density at radius 3 is 2.50 bits per heavy atom. The standard InChI is InChI=1S/C10H22N2/c1-8(6-11-4)12-7-9-5-10(9,2)3/h8-9,11-12H,5-7H2,1-4H3. The largest absolute Gasteiger partial charge is 0.318 e. The van der Waals surface area contributed by atoms with Crippen LogP contribution < -0.4 is 10.6 Å². The summed E-state index contributed by atoms with van der Waals surface area (Å²) in [5, 5.41) is 6.71. The van der Waals surface area contributed by atoms with Gasteiger partial charge in [0.2, 0.25) is 0 Å². The molecule has 0 bridgehead atoms. The van der Waals surface area contributed by atoms with E-state index in [9.17, 15) is 0 Å². The first kappa shape index (κ1) is 10.0. The van der Waals surface area contributed by atoms with Crippen molar-refractivity contribution in [1.82, 2.24) is 10.6 Å². The number of hydrogen-bond acceptors (Lipinski definition) is 2. The van der Waals surface area contributed by atoms with E-state index in [1.807, 2.05) is 7.05 Å². The summed E-state index contributed by atoms with van der Waals surface area (Å²) >= 11 is 0. The van der Waals surface area contributed by atoms with Crippen LogP contribution in [0.5, 0.6) is 0 Å². The second-order valence-electron chi connectivity index (χ2n) is 4.76. The van der Waals surface area contributed by atoms with Crippen molar-refractivity contribution < 1.29 is 0 Å². The topological polar surface area (TPSA) is 24.1 Å². The number of rotatable bonds is 5. The Kier molecular flexibility index (Phi) is 3.13. The van der Waals surface area contributed by atoms with Crippen LogP contribution in [0.25, 0.3) is 0 Å². The second-order valence-corrected chi connectivity index (χ2v) is 4.76. The van der Waals surface area contributed by atoms with E-state index in [1.54, 1.807) is 0 Å². The molecular formula is C10H22N2. The molecule has 2 heteroatoms. The molecule has 0 saturated heterocycles. The lowest BCUT2D eigenvalue weighted by atomic mass is 10.1. The molecule has 1 aliphatic carbocycles. The van der Waals surface area contributed by atoms with Crippen LogP contribution >= 0.6 is 0 Å². The van der Waals surface area contributed by atoms with Crippen LogP contribution in [0.2, 0.25) is 0 Å². The van der Waals surface area contributed by atoms with Crippen molar-refractivity contribution in [2.45, 2.75) is 33.2 Å². The Labute approximate surface area is 76.1 Å². The second kappa shape index (κ2) is 3.75. The molecule has 0 spiro atoms. The molecule has 12 heavy (non-hydrogen) atoms. The monoisotopic (exact) mass is 170 g/mol. The highest BCUT2D eigenvalue weighted by molar-refractivity contribution is 4.96. The summed E-state index contributed by atoms with van der Waals surface area (Å²) in [6.07, 6.45) is 1.40. The molecule has 2 N–H and O–H groups in total. The molecule has 0 aliphatic heterocycles. The van der Waals surface area contributed by atoms with Gasteiger partial charge in [-0.25, -0.2) is 0 Å². The zero-order valence-corrected chi connectivity index (χ0v) is 8.78. The Hall–Kier alpha value is -0.0800. The van der Waals surface area contributed by atoms with Crippen LogP contribution in [0.15, 0.2) is 0 Å². The van der Waals surface area contributed by atoms with E-state index >= 15 is 0 Å². The molecule has 2 unspecified atom stereocenters. The predicted molar refractivity (Wildman–Crippen MR) is 53.3 cm³/mol. The van der Waals surface area contributed by atoms with Crippen LogP contribution in [0, 0.1) is 11.3 Å². The third-order valence-corrected chi connectivity index (χ3v) is 2.94. The lowest BCUT2D eigenvalue weighted by Crippen LogP contribution is -2.36. The highest BCUT2D eigenvalue weighted by atomic mass is 15.0. The van der Waals surface area contributed by atoms with Crippen LogP contribution in [0.3, 0.4) is 0 Å². The van der Waals surface area contributed by atoms with Gasteiger partial charge in [-0.05, 0) is 38.3 Å². The molecule has 0 amide bonds. The van der Waals surface area contributed by atoms with Gasteiger partial charge in [0, 0.05) is 12.6 Å². The number of nitrogens with one attached hydrogen (secondary N) is 2. The third kappa shape index (κ3) is 2.76. The smallest absolute Gasteiger partial charge is 0.0164 e. The van der Waals surface area contributed by atoms with Crippen molar-refractivity contribution in [2.24, 2.45) is 11.3 Å². The van der Waals surface area contributed by atoms with E-state index in [0.717, 1.165) is 12.5 Å². The molecule has 1 rings (SSSR count). The average Bonchev–Trinajstić information content (AvgIpc) is 2.56. The zero-order chi connectivity index (χ0) is 9.19. The van der Waals surface area contributed by atoms with Crippen LogP contribution in [-0.2, 0) is 0 Å². The summed E-state index contributed by atoms with van der Waals surface area (Å²) in [6.45, 7) is 9.18. The summed E-state index contributed by atoms with van der Waals surface area (Å²) in [6, 6.07) is 0.603. The van der Waals surface area contributed by atoms with Crippen molar-refractivity contribution in [3.05, 3.63) is 0 Å². The summed E-state index contributed by atoms with van der Waals surface area (Å²) in [5.74, 6) is 0.914. The zero-order valence-electron chi connectivity index (χ0n) is 8.78. The van der Waals surface area contributed by atoms with Gasteiger partial charge in [-0.1, -0.05) is 13.8 Å². The van der Waals surface area contributed by atoms with Gasteiger partial charge in [0.05, 0.1) is 0 Å². The summed E-state index contributed by atoms with van der Waals surface area (Å²) in [5.41, 5.74) is 0.617.